The minimum atomic E-state index is -0.125. The van der Waals surface area contributed by atoms with Gasteiger partial charge in [-0.1, -0.05) is 36.4 Å². The Hall–Kier alpha value is -3.00. The summed E-state index contributed by atoms with van der Waals surface area (Å²) in [6.45, 7) is 7.22. The molecule has 33 heavy (non-hydrogen) atoms. The lowest BCUT2D eigenvalue weighted by molar-refractivity contribution is -0.116. The van der Waals surface area contributed by atoms with Crippen LogP contribution in [0.1, 0.15) is 27.4 Å². The van der Waals surface area contributed by atoms with Gasteiger partial charge < -0.3 is 14.8 Å². The van der Waals surface area contributed by atoms with Crippen LogP contribution in [0, 0.1) is 6.92 Å². The maximum atomic E-state index is 12.4. The number of ether oxygens (including phenoxy) is 2. The SMILES string of the molecule is Cc1nc(COc2cccc(/C=C/C(=O)NCc3ccccc3CN3CCOCC3)c2)cs1. The van der Waals surface area contributed by atoms with Crippen LogP contribution in [-0.2, 0) is 29.2 Å². The van der Waals surface area contributed by atoms with Crippen molar-refractivity contribution in [3.63, 3.8) is 0 Å². The Balaban J connectivity index is 1.29. The van der Waals surface area contributed by atoms with Gasteiger partial charge >= 0.3 is 0 Å². The van der Waals surface area contributed by atoms with E-state index >= 15 is 0 Å². The maximum absolute atomic E-state index is 12.4. The van der Waals surface area contributed by atoms with Gasteiger partial charge in [0.1, 0.15) is 12.4 Å². The van der Waals surface area contributed by atoms with Crippen molar-refractivity contribution < 1.29 is 14.3 Å². The zero-order valence-corrected chi connectivity index (χ0v) is 19.6. The minimum Gasteiger partial charge on any atom is -0.487 e. The Kier molecular flexibility index (Phi) is 8.24. The van der Waals surface area contributed by atoms with Crippen molar-refractivity contribution in [3.05, 3.63) is 87.4 Å². The maximum Gasteiger partial charge on any atom is 0.244 e. The second-order valence-electron chi connectivity index (χ2n) is 7.93. The van der Waals surface area contributed by atoms with Crippen molar-refractivity contribution in [1.29, 1.82) is 0 Å². The molecule has 0 aliphatic carbocycles. The summed E-state index contributed by atoms with van der Waals surface area (Å²) in [4.78, 5) is 19.2. The molecule has 7 heteroatoms. The molecule has 172 valence electrons. The van der Waals surface area contributed by atoms with Crippen LogP contribution in [0.5, 0.6) is 5.75 Å². The van der Waals surface area contributed by atoms with E-state index in [4.69, 9.17) is 9.47 Å². The summed E-state index contributed by atoms with van der Waals surface area (Å²) in [7, 11) is 0. The van der Waals surface area contributed by atoms with Crippen LogP contribution in [-0.4, -0.2) is 42.1 Å². The fraction of sp³-hybridized carbons (Fsp3) is 0.308. The van der Waals surface area contributed by atoms with Gasteiger partial charge in [0.05, 0.1) is 23.9 Å². The first kappa shape index (κ1) is 23.2. The minimum absolute atomic E-state index is 0.125. The number of nitrogens with zero attached hydrogens (tertiary/aromatic N) is 2. The van der Waals surface area contributed by atoms with E-state index in [-0.39, 0.29) is 5.91 Å². The van der Waals surface area contributed by atoms with E-state index in [0.29, 0.717) is 13.2 Å². The van der Waals surface area contributed by atoms with Crippen molar-refractivity contribution in [2.24, 2.45) is 0 Å². The Morgan fingerprint density at radius 2 is 2.00 bits per heavy atom. The molecule has 1 aliphatic rings. The molecule has 3 aromatic rings. The monoisotopic (exact) mass is 463 g/mol. The van der Waals surface area contributed by atoms with Gasteiger partial charge in [0.15, 0.2) is 0 Å². The molecule has 1 amide bonds. The summed E-state index contributed by atoms with van der Waals surface area (Å²) < 4.78 is 11.3. The highest BCUT2D eigenvalue weighted by Crippen LogP contribution is 2.17. The second-order valence-corrected chi connectivity index (χ2v) is 8.99. The van der Waals surface area contributed by atoms with E-state index in [0.717, 1.165) is 60.4 Å². The van der Waals surface area contributed by atoms with Gasteiger partial charge in [-0.15, -0.1) is 11.3 Å². The van der Waals surface area contributed by atoms with Crippen molar-refractivity contribution in [2.75, 3.05) is 26.3 Å². The lowest BCUT2D eigenvalue weighted by Gasteiger charge is -2.27. The molecule has 1 N–H and O–H groups in total. The molecule has 1 saturated heterocycles. The quantitative estimate of drug-likeness (QED) is 0.482. The zero-order chi connectivity index (χ0) is 22.9. The molecular formula is C26H29N3O3S. The molecule has 0 bridgehead atoms. The zero-order valence-electron chi connectivity index (χ0n) is 18.8. The molecule has 0 radical (unpaired) electrons. The number of nitrogens with one attached hydrogen (secondary N) is 1. The van der Waals surface area contributed by atoms with Crippen LogP contribution in [0.2, 0.25) is 0 Å². The lowest BCUT2D eigenvalue weighted by atomic mass is 10.1. The summed E-state index contributed by atoms with van der Waals surface area (Å²) in [6, 6.07) is 15.9. The number of carbonyl (C=O) groups excluding carboxylic acids is 1. The van der Waals surface area contributed by atoms with Gasteiger partial charge in [-0.2, -0.15) is 0 Å². The molecule has 1 aromatic heterocycles. The fourth-order valence-electron chi connectivity index (χ4n) is 3.64. The Morgan fingerprint density at radius 1 is 1.18 bits per heavy atom. The third kappa shape index (κ3) is 7.25. The van der Waals surface area contributed by atoms with E-state index < -0.39 is 0 Å². The Bertz CT molecular complexity index is 1090. The Labute approximate surface area is 198 Å². The van der Waals surface area contributed by atoms with Crippen LogP contribution < -0.4 is 10.1 Å². The number of hydrogen-bond donors (Lipinski definition) is 1. The number of carbonyl (C=O) groups is 1. The van der Waals surface area contributed by atoms with Crippen LogP contribution in [0.25, 0.3) is 6.08 Å². The number of aromatic nitrogens is 1. The van der Waals surface area contributed by atoms with Crippen molar-refractivity contribution in [3.8, 4) is 5.75 Å². The molecule has 0 atom stereocenters. The summed E-state index contributed by atoms with van der Waals surface area (Å²) in [5.74, 6) is 0.626. The first-order valence-corrected chi connectivity index (χ1v) is 12.0. The molecule has 1 fully saturated rings. The predicted octanol–water partition coefficient (Wildman–Crippen LogP) is 4.19. The van der Waals surface area contributed by atoms with E-state index in [1.807, 2.05) is 48.7 Å². The van der Waals surface area contributed by atoms with E-state index in [1.165, 1.54) is 5.56 Å². The van der Waals surface area contributed by atoms with Gasteiger partial charge in [-0.3, -0.25) is 9.69 Å². The van der Waals surface area contributed by atoms with Gasteiger partial charge in [-0.05, 0) is 41.8 Å². The molecule has 0 unspecified atom stereocenters. The predicted molar refractivity (Wildman–Crippen MR) is 131 cm³/mol. The average molecular weight is 464 g/mol. The van der Waals surface area contributed by atoms with Gasteiger partial charge in [0, 0.05) is 37.6 Å². The summed E-state index contributed by atoms with van der Waals surface area (Å²) in [6.07, 6.45) is 3.36. The second kappa shape index (κ2) is 11.7. The molecule has 2 aromatic carbocycles. The molecule has 0 spiro atoms. The van der Waals surface area contributed by atoms with E-state index in [1.54, 1.807) is 23.5 Å². The van der Waals surface area contributed by atoms with Crippen molar-refractivity contribution in [2.45, 2.75) is 26.6 Å². The summed E-state index contributed by atoms with van der Waals surface area (Å²) in [5, 5.41) is 6.03. The standard InChI is InChI=1S/C26H29N3O3S/c1-20-28-24(19-33-20)18-32-25-8-4-5-21(15-25)9-10-26(30)27-16-22-6-2-3-7-23(22)17-29-11-13-31-14-12-29/h2-10,15,19H,11-14,16-18H2,1H3,(H,27,30)/b10-9+. The molecular weight excluding hydrogens is 434 g/mol. The number of aryl methyl sites for hydroxylation is 1. The van der Waals surface area contributed by atoms with Crippen LogP contribution >= 0.6 is 11.3 Å². The largest absolute Gasteiger partial charge is 0.487 e. The molecule has 2 heterocycles. The number of benzene rings is 2. The number of morpholine rings is 1. The first-order valence-electron chi connectivity index (χ1n) is 11.1. The first-order chi connectivity index (χ1) is 16.2. The van der Waals surface area contributed by atoms with Gasteiger partial charge in [-0.25, -0.2) is 4.98 Å². The highest BCUT2D eigenvalue weighted by Gasteiger charge is 2.12. The molecule has 4 rings (SSSR count). The lowest BCUT2D eigenvalue weighted by Crippen LogP contribution is -2.36. The number of amides is 1. The Morgan fingerprint density at radius 3 is 2.79 bits per heavy atom. The molecule has 0 saturated carbocycles. The van der Waals surface area contributed by atoms with Gasteiger partial charge in [0.25, 0.3) is 0 Å². The van der Waals surface area contributed by atoms with Crippen LogP contribution in [0.4, 0.5) is 0 Å². The third-order valence-electron chi connectivity index (χ3n) is 5.41. The average Bonchev–Trinajstić information content (AvgIpc) is 3.27. The summed E-state index contributed by atoms with van der Waals surface area (Å²) >= 11 is 1.61. The number of hydrogen-bond acceptors (Lipinski definition) is 6. The van der Waals surface area contributed by atoms with Crippen molar-refractivity contribution in [1.82, 2.24) is 15.2 Å². The fourth-order valence-corrected chi connectivity index (χ4v) is 4.23. The molecule has 6 nitrogen and oxygen atoms in total. The highest BCUT2D eigenvalue weighted by molar-refractivity contribution is 7.09. The topological polar surface area (TPSA) is 63.7 Å². The number of thiazole rings is 1. The molecule has 1 aliphatic heterocycles. The van der Waals surface area contributed by atoms with Crippen LogP contribution in [0.3, 0.4) is 0 Å². The third-order valence-corrected chi connectivity index (χ3v) is 6.23. The smallest absolute Gasteiger partial charge is 0.244 e. The van der Waals surface area contributed by atoms with Crippen molar-refractivity contribution >= 4 is 23.3 Å². The van der Waals surface area contributed by atoms with Gasteiger partial charge in [0.2, 0.25) is 5.91 Å². The van der Waals surface area contributed by atoms with Crippen LogP contribution in [0.15, 0.2) is 60.0 Å². The normalized spacial score (nSPS) is 14.5. The summed E-state index contributed by atoms with van der Waals surface area (Å²) in [5.41, 5.74) is 4.21. The highest BCUT2D eigenvalue weighted by atomic mass is 32.1. The van der Waals surface area contributed by atoms with E-state index in [9.17, 15) is 4.79 Å². The number of rotatable bonds is 9. The van der Waals surface area contributed by atoms with E-state index in [2.05, 4.69) is 27.3 Å².